The third-order valence-electron chi connectivity index (χ3n) is 5.12. The maximum atomic E-state index is 12.5. The monoisotopic (exact) mass is 272 g/mol. The molecule has 0 spiro atoms. The van der Waals surface area contributed by atoms with Crippen LogP contribution in [-0.2, 0) is 11.2 Å². The van der Waals surface area contributed by atoms with Gasteiger partial charge in [0.2, 0.25) is 5.91 Å². The summed E-state index contributed by atoms with van der Waals surface area (Å²) in [4.78, 5) is 12.5. The highest BCUT2D eigenvalue weighted by Gasteiger charge is 2.32. The predicted octanol–water partition coefficient (Wildman–Crippen LogP) is 2.96. The van der Waals surface area contributed by atoms with Gasteiger partial charge < -0.3 is 10.6 Å². The fraction of sp³-hybridized carbons (Fsp3) is 0.588. The first-order valence-electron chi connectivity index (χ1n) is 7.80. The van der Waals surface area contributed by atoms with Crippen LogP contribution < -0.4 is 10.6 Å². The average molecular weight is 272 g/mol. The number of nitrogens with one attached hydrogen (secondary N) is 2. The van der Waals surface area contributed by atoms with Gasteiger partial charge in [0.15, 0.2) is 0 Å². The molecule has 2 aliphatic rings. The van der Waals surface area contributed by atoms with Crippen molar-refractivity contribution in [2.24, 2.45) is 11.8 Å². The first kappa shape index (κ1) is 13.5. The van der Waals surface area contributed by atoms with Crippen LogP contribution in [0.3, 0.4) is 0 Å². The Hall–Kier alpha value is -1.51. The second kappa shape index (κ2) is 5.47. The van der Waals surface area contributed by atoms with Crippen LogP contribution >= 0.6 is 0 Å². The van der Waals surface area contributed by atoms with Crippen molar-refractivity contribution in [1.82, 2.24) is 5.32 Å². The lowest BCUT2D eigenvalue weighted by Crippen LogP contribution is -2.48. The molecule has 20 heavy (non-hydrogen) atoms. The maximum Gasteiger partial charge on any atom is 0.243 e. The van der Waals surface area contributed by atoms with Crippen LogP contribution in [-0.4, -0.2) is 18.0 Å². The van der Waals surface area contributed by atoms with Gasteiger partial charge in [0, 0.05) is 18.2 Å². The molecule has 3 rings (SSSR count). The molecule has 0 saturated heterocycles. The summed E-state index contributed by atoms with van der Waals surface area (Å²) in [5.41, 5.74) is 2.36. The highest BCUT2D eigenvalue weighted by molar-refractivity contribution is 5.87. The maximum absolute atomic E-state index is 12.5. The van der Waals surface area contributed by atoms with Crippen molar-refractivity contribution < 1.29 is 4.79 Å². The first-order chi connectivity index (χ1) is 9.65. The summed E-state index contributed by atoms with van der Waals surface area (Å²) < 4.78 is 0. The predicted molar refractivity (Wildman–Crippen MR) is 81.7 cm³/mol. The summed E-state index contributed by atoms with van der Waals surface area (Å²) in [6.07, 6.45) is 4.45. The second-order valence-corrected chi connectivity index (χ2v) is 6.44. The Bertz CT molecular complexity index is 475. The number of carbonyl (C=O) groups is 1. The van der Waals surface area contributed by atoms with Crippen molar-refractivity contribution in [2.75, 3.05) is 5.32 Å². The lowest BCUT2D eigenvalue weighted by molar-refractivity contribution is -0.123. The summed E-state index contributed by atoms with van der Waals surface area (Å²) in [6, 6.07) is 8.44. The molecule has 1 aliphatic carbocycles. The smallest absolute Gasteiger partial charge is 0.243 e. The number of amides is 1. The van der Waals surface area contributed by atoms with Gasteiger partial charge in [0.1, 0.15) is 6.04 Å². The fourth-order valence-corrected chi connectivity index (χ4v) is 3.53. The van der Waals surface area contributed by atoms with Crippen LogP contribution in [0.25, 0.3) is 0 Å². The molecule has 1 saturated carbocycles. The summed E-state index contributed by atoms with van der Waals surface area (Å²) in [5.74, 6) is 1.45. The third kappa shape index (κ3) is 2.54. The molecule has 4 atom stereocenters. The number of hydrogen-bond donors (Lipinski definition) is 2. The fourth-order valence-electron chi connectivity index (χ4n) is 3.53. The van der Waals surface area contributed by atoms with E-state index in [1.807, 2.05) is 18.2 Å². The van der Waals surface area contributed by atoms with E-state index in [9.17, 15) is 4.79 Å². The normalized spacial score (nSPS) is 32.3. The molecule has 3 heteroatoms. The summed E-state index contributed by atoms with van der Waals surface area (Å²) in [6.45, 7) is 4.57. The van der Waals surface area contributed by atoms with Gasteiger partial charge in [-0.05, 0) is 29.9 Å². The Morgan fingerprint density at radius 2 is 2.05 bits per heavy atom. The second-order valence-electron chi connectivity index (χ2n) is 6.44. The number of fused-ring (bicyclic) bond motifs is 1. The molecule has 108 valence electrons. The molecule has 0 bridgehead atoms. The van der Waals surface area contributed by atoms with Crippen LogP contribution in [0.4, 0.5) is 5.69 Å². The zero-order valence-electron chi connectivity index (χ0n) is 12.4. The minimum Gasteiger partial charge on any atom is -0.373 e. The van der Waals surface area contributed by atoms with E-state index in [2.05, 4.69) is 30.5 Å². The van der Waals surface area contributed by atoms with E-state index in [-0.39, 0.29) is 11.9 Å². The van der Waals surface area contributed by atoms with E-state index in [0.29, 0.717) is 17.9 Å². The molecule has 1 aromatic rings. The van der Waals surface area contributed by atoms with E-state index in [1.54, 1.807) is 0 Å². The SMILES string of the molecule is CC1CCCC(NC(=O)C2Cc3ccccc3N2)C1C. The summed E-state index contributed by atoms with van der Waals surface area (Å²) in [7, 11) is 0. The van der Waals surface area contributed by atoms with Gasteiger partial charge >= 0.3 is 0 Å². The van der Waals surface area contributed by atoms with Crippen LogP contribution in [0.1, 0.15) is 38.7 Å². The molecule has 0 aromatic heterocycles. The third-order valence-corrected chi connectivity index (χ3v) is 5.12. The number of benzene rings is 1. The quantitative estimate of drug-likeness (QED) is 0.869. The van der Waals surface area contributed by atoms with E-state index in [0.717, 1.165) is 18.5 Å². The Labute approximate surface area is 121 Å². The molecule has 0 radical (unpaired) electrons. The molecular weight excluding hydrogens is 248 g/mol. The van der Waals surface area contributed by atoms with Gasteiger partial charge in [0.25, 0.3) is 0 Å². The van der Waals surface area contributed by atoms with Crippen molar-refractivity contribution in [3.8, 4) is 0 Å². The first-order valence-corrected chi connectivity index (χ1v) is 7.80. The Morgan fingerprint density at radius 1 is 1.25 bits per heavy atom. The van der Waals surface area contributed by atoms with Crippen molar-refractivity contribution >= 4 is 11.6 Å². The van der Waals surface area contributed by atoms with Crippen molar-refractivity contribution in [3.63, 3.8) is 0 Å². The van der Waals surface area contributed by atoms with Crippen molar-refractivity contribution in [3.05, 3.63) is 29.8 Å². The van der Waals surface area contributed by atoms with Crippen molar-refractivity contribution in [1.29, 1.82) is 0 Å². The van der Waals surface area contributed by atoms with Crippen LogP contribution in [0, 0.1) is 11.8 Å². The van der Waals surface area contributed by atoms with Gasteiger partial charge in [-0.25, -0.2) is 0 Å². The number of rotatable bonds is 2. The number of para-hydroxylation sites is 1. The molecule has 1 heterocycles. The lowest BCUT2D eigenvalue weighted by Gasteiger charge is -2.35. The van der Waals surface area contributed by atoms with Crippen LogP contribution in [0.2, 0.25) is 0 Å². The Kier molecular flexibility index (Phi) is 3.68. The Balaban J connectivity index is 1.61. The average Bonchev–Trinajstić information content (AvgIpc) is 2.88. The molecule has 2 N–H and O–H groups in total. The zero-order valence-corrected chi connectivity index (χ0v) is 12.4. The molecular formula is C17H24N2O. The highest BCUT2D eigenvalue weighted by atomic mass is 16.2. The van der Waals surface area contributed by atoms with E-state index in [1.165, 1.54) is 18.4 Å². The molecule has 1 aliphatic heterocycles. The largest absolute Gasteiger partial charge is 0.373 e. The Morgan fingerprint density at radius 3 is 2.85 bits per heavy atom. The van der Waals surface area contributed by atoms with Crippen LogP contribution in [0.5, 0.6) is 0 Å². The van der Waals surface area contributed by atoms with Gasteiger partial charge in [-0.15, -0.1) is 0 Å². The molecule has 1 fully saturated rings. The van der Waals surface area contributed by atoms with E-state index >= 15 is 0 Å². The van der Waals surface area contributed by atoms with Gasteiger partial charge in [-0.3, -0.25) is 4.79 Å². The summed E-state index contributed by atoms with van der Waals surface area (Å²) in [5, 5.41) is 6.61. The molecule has 3 nitrogen and oxygen atoms in total. The number of hydrogen-bond acceptors (Lipinski definition) is 2. The standard InChI is InChI=1S/C17H24N2O/c1-11-6-5-9-14(12(11)2)19-17(20)16-10-13-7-3-4-8-15(13)18-16/h3-4,7-8,11-12,14,16,18H,5-6,9-10H2,1-2H3,(H,19,20). The summed E-state index contributed by atoms with van der Waals surface area (Å²) >= 11 is 0. The van der Waals surface area contributed by atoms with E-state index < -0.39 is 0 Å². The minimum absolute atomic E-state index is 0.100. The molecule has 1 amide bonds. The molecule has 4 unspecified atom stereocenters. The topological polar surface area (TPSA) is 41.1 Å². The van der Waals surface area contributed by atoms with Gasteiger partial charge in [-0.1, -0.05) is 44.9 Å². The highest BCUT2D eigenvalue weighted by Crippen LogP contribution is 2.30. The lowest BCUT2D eigenvalue weighted by atomic mass is 9.78. The van der Waals surface area contributed by atoms with Gasteiger partial charge in [-0.2, -0.15) is 0 Å². The van der Waals surface area contributed by atoms with Crippen molar-refractivity contribution in [2.45, 2.75) is 51.6 Å². The zero-order chi connectivity index (χ0) is 14.1. The number of anilines is 1. The number of carbonyl (C=O) groups excluding carboxylic acids is 1. The molecule has 1 aromatic carbocycles. The van der Waals surface area contributed by atoms with Gasteiger partial charge in [0.05, 0.1) is 0 Å². The van der Waals surface area contributed by atoms with E-state index in [4.69, 9.17) is 0 Å². The van der Waals surface area contributed by atoms with Crippen LogP contribution in [0.15, 0.2) is 24.3 Å². The minimum atomic E-state index is -0.100.